The number of fused-ring (bicyclic) bond motifs is 3. The SMILES string of the molecule is O=C1N(Cc2cc3cc(Cl)ccc3n2CCBr)c2cnccc2C12CC2. The normalized spacial score (nSPS) is 17.3. The molecule has 6 heteroatoms. The number of rotatable bonds is 4. The Kier molecular flexibility index (Phi) is 3.66. The topological polar surface area (TPSA) is 38.1 Å². The van der Waals surface area contributed by atoms with Gasteiger partial charge in [-0.2, -0.15) is 0 Å². The van der Waals surface area contributed by atoms with Gasteiger partial charge in [-0.1, -0.05) is 27.5 Å². The number of alkyl halides is 1. The first kappa shape index (κ1) is 16.3. The van der Waals surface area contributed by atoms with Crippen molar-refractivity contribution in [2.75, 3.05) is 10.2 Å². The van der Waals surface area contributed by atoms with Gasteiger partial charge in [-0.25, -0.2) is 0 Å². The number of anilines is 1. The van der Waals surface area contributed by atoms with Gasteiger partial charge >= 0.3 is 0 Å². The van der Waals surface area contributed by atoms with E-state index in [-0.39, 0.29) is 11.3 Å². The van der Waals surface area contributed by atoms with Crippen molar-refractivity contribution < 1.29 is 4.79 Å². The maximum atomic E-state index is 13.1. The summed E-state index contributed by atoms with van der Waals surface area (Å²) in [4.78, 5) is 19.3. The van der Waals surface area contributed by atoms with Gasteiger partial charge in [0.1, 0.15) is 0 Å². The summed E-state index contributed by atoms with van der Waals surface area (Å²) in [5.74, 6) is 0.217. The molecule has 1 fully saturated rings. The van der Waals surface area contributed by atoms with Crippen molar-refractivity contribution in [1.82, 2.24) is 9.55 Å². The smallest absolute Gasteiger partial charge is 0.238 e. The van der Waals surface area contributed by atoms with E-state index in [1.54, 1.807) is 6.20 Å². The molecule has 5 rings (SSSR count). The van der Waals surface area contributed by atoms with Crippen LogP contribution in [0.15, 0.2) is 42.7 Å². The maximum absolute atomic E-state index is 13.1. The first-order chi connectivity index (χ1) is 12.6. The molecule has 0 bridgehead atoms. The number of benzene rings is 1. The minimum atomic E-state index is -0.284. The third-order valence-electron chi connectivity index (χ3n) is 5.59. The number of hydrogen-bond donors (Lipinski definition) is 0. The Hall–Kier alpha value is -1.85. The van der Waals surface area contributed by atoms with Crippen LogP contribution in [0.1, 0.15) is 24.1 Å². The predicted molar refractivity (Wildman–Crippen MR) is 107 cm³/mol. The molecule has 1 aliphatic carbocycles. The van der Waals surface area contributed by atoms with Gasteiger partial charge in [0.05, 0.1) is 23.8 Å². The van der Waals surface area contributed by atoms with Gasteiger partial charge in [0.25, 0.3) is 0 Å². The molecule has 2 aromatic heterocycles. The number of aromatic nitrogens is 2. The van der Waals surface area contributed by atoms with Gasteiger partial charge in [-0.15, -0.1) is 0 Å². The molecule has 1 saturated carbocycles. The standard InChI is InChI=1S/C20H17BrClN3O/c21-6-8-24-15(10-13-9-14(22)1-2-17(13)24)12-25-18-11-23-7-3-16(18)20(4-5-20)19(25)26/h1-3,7,9-11H,4-6,8,12H2. The van der Waals surface area contributed by atoms with Crippen molar-refractivity contribution in [3.8, 4) is 0 Å². The highest BCUT2D eigenvalue weighted by molar-refractivity contribution is 9.09. The second-order valence-corrected chi connectivity index (χ2v) is 8.28. The molecule has 0 N–H and O–H groups in total. The quantitative estimate of drug-likeness (QED) is 0.565. The van der Waals surface area contributed by atoms with E-state index in [0.717, 1.165) is 57.6 Å². The molecule has 0 unspecified atom stereocenters. The summed E-state index contributed by atoms with van der Waals surface area (Å²) in [6.07, 6.45) is 5.51. The van der Waals surface area contributed by atoms with Crippen LogP contribution in [-0.4, -0.2) is 20.8 Å². The minimum Gasteiger partial charge on any atom is -0.342 e. The van der Waals surface area contributed by atoms with Crippen LogP contribution in [-0.2, 0) is 23.3 Å². The van der Waals surface area contributed by atoms with Crippen molar-refractivity contribution in [1.29, 1.82) is 0 Å². The number of nitrogens with zero attached hydrogens (tertiary/aromatic N) is 3. The lowest BCUT2D eigenvalue weighted by Gasteiger charge is -2.19. The van der Waals surface area contributed by atoms with Gasteiger partial charge in [-0.3, -0.25) is 9.78 Å². The highest BCUT2D eigenvalue weighted by Crippen LogP contribution is 2.57. The number of aryl methyl sites for hydroxylation is 1. The molecule has 1 spiro atoms. The number of halogens is 2. The minimum absolute atomic E-state index is 0.217. The van der Waals surface area contributed by atoms with E-state index in [2.05, 4.69) is 31.5 Å². The van der Waals surface area contributed by atoms with Crippen LogP contribution in [0.4, 0.5) is 5.69 Å². The van der Waals surface area contributed by atoms with Gasteiger partial charge in [0.15, 0.2) is 0 Å². The van der Waals surface area contributed by atoms with Crippen LogP contribution in [0.5, 0.6) is 0 Å². The Morgan fingerprint density at radius 1 is 1.23 bits per heavy atom. The van der Waals surface area contributed by atoms with E-state index in [9.17, 15) is 4.79 Å². The third kappa shape index (κ3) is 2.26. The number of carbonyl (C=O) groups excluding carboxylic acids is 1. The highest BCUT2D eigenvalue weighted by atomic mass is 79.9. The molecule has 2 aliphatic rings. The fourth-order valence-corrected chi connectivity index (χ4v) is 4.73. The van der Waals surface area contributed by atoms with Crippen LogP contribution in [0.3, 0.4) is 0 Å². The fourth-order valence-electron chi connectivity index (χ4n) is 4.19. The van der Waals surface area contributed by atoms with E-state index >= 15 is 0 Å². The molecular formula is C20H17BrClN3O. The maximum Gasteiger partial charge on any atom is 0.238 e. The average molecular weight is 431 g/mol. The molecule has 132 valence electrons. The highest BCUT2D eigenvalue weighted by Gasteiger charge is 2.59. The van der Waals surface area contributed by atoms with Gasteiger partial charge in [-0.05, 0) is 48.7 Å². The molecule has 1 aliphatic heterocycles. The number of carbonyl (C=O) groups is 1. The van der Waals surface area contributed by atoms with Gasteiger partial charge in [0.2, 0.25) is 5.91 Å². The fraction of sp³-hybridized carbons (Fsp3) is 0.300. The zero-order valence-electron chi connectivity index (χ0n) is 14.1. The molecule has 3 heterocycles. The zero-order valence-corrected chi connectivity index (χ0v) is 16.4. The number of amides is 1. The van der Waals surface area contributed by atoms with Gasteiger partial charge in [0, 0.05) is 39.7 Å². The van der Waals surface area contributed by atoms with Crippen LogP contribution >= 0.6 is 27.5 Å². The summed E-state index contributed by atoms with van der Waals surface area (Å²) in [5.41, 5.74) is 4.08. The van der Waals surface area contributed by atoms with Crippen molar-refractivity contribution >= 4 is 50.0 Å². The van der Waals surface area contributed by atoms with Crippen molar-refractivity contribution in [2.24, 2.45) is 0 Å². The Balaban J connectivity index is 1.60. The zero-order chi connectivity index (χ0) is 17.9. The third-order valence-corrected chi connectivity index (χ3v) is 6.18. The molecule has 3 aromatic rings. The summed E-state index contributed by atoms with van der Waals surface area (Å²) in [6, 6.07) is 10.1. The molecule has 0 atom stereocenters. The molecule has 1 amide bonds. The average Bonchev–Trinajstić information content (AvgIpc) is 3.34. The van der Waals surface area contributed by atoms with E-state index in [0.29, 0.717) is 6.54 Å². The second kappa shape index (κ2) is 5.83. The number of pyridine rings is 1. The summed E-state index contributed by atoms with van der Waals surface area (Å²) >= 11 is 9.72. The van der Waals surface area contributed by atoms with Crippen molar-refractivity contribution in [3.63, 3.8) is 0 Å². The lowest BCUT2D eigenvalue weighted by atomic mass is 9.99. The van der Waals surface area contributed by atoms with E-state index in [4.69, 9.17) is 11.6 Å². The Morgan fingerprint density at radius 2 is 2.08 bits per heavy atom. The first-order valence-corrected chi connectivity index (χ1v) is 10.2. The van der Waals surface area contributed by atoms with Crippen molar-refractivity contribution in [2.45, 2.75) is 31.3 Å². The van der Waals surface area contributed by atoms with E-state index in [1.807, 2.05) is 35.4 Å². The lowest BCUT2D eigenvalue weighted by molar-refractivity contribution is -0.120. The van der Waals surface area contributed by atoms with Crippen LogP contribution in [0.25, 0.3) is 10.9 Å². The largest absolute Gasteiger partial charge is 0.342 e. The molecule has 1 aromatic carbocycles. The summed E-state index contributed by atoms with van der Waals surface area (Å²) in [5, 5.41) is 2.68. The molecule has 26 heavy (non-hydrogen) atoms. The molecule has 0 saturated heterocycles. The van der Waals surface area contributed by atoms with Crippen LogP contribution in [0, 0.1) is 0 Å². The van der Waals surface area contributed by atoms with Crippen molar-refractivity contribution in [3.05, 3.63) is 59.0 Å². The van der Waals surface area contributed by atoms with E-state index < -0.39 is 0 Å². The lowest BCUT2D eigenvalue weighted by Crippen LogP contribution is -2.32. The number of hydrogen-bond acceptors (Lipinski definition) is 2. The first-order valence-electron chi connectivity index (χ1n) is 8.74. The Morgan fingerprint density at radius 3 is 2.85 bits per heavy atom. The van der Waals surface area contributed by atoms with E-state index in [1.165, 1.54) is 0 Å². The monoisotopic (exact) mass is 429 g/mol. The molecule has 4 nitrogen and oxygen atoms in total. The van der Waals surface area contributed by atoms with Crippen LogP contribution < -0.4 is 4.90 Å². The summed E-state index contributed by atoms with van der Waals surface area (Å²) in [7, 11) is 0. The predicted octanol–water partition coefficient (Wildman–Crippen LogP) is 4.66. The van der Waals surface area contributed by atoms with Gasteiger partial charge < -0.3 is 9.47 Å². The molecule has 0 radical (unpaired) electrons. The Labute approximate surface area is 164 Å². The summed E-state index contributed by atoms with van der Waals surface area (Å²) < 4.78 is 2.27. The Bertz CT molecular complexity index is 1040. The molecular weight excluding hydrogens is 414 g/mol. The summed E-state index contributed by atoms with van der Waals surface area (Å²) in [6.45, 7) is 1.39. The second-order valence-electron chi connectivity index (χ2n) is 7.05. The van der Waals surface area contributed by atoms with Crippen LogP contribution in [0.2, 0.25) is 5.02 Å².